The zero-order valence-electron chi connectivity index (χ0n) is 7.79. The summed E-state index contributed by atoms with van der Waals surface area (Å²) in [6.07, 6.45) is 3.88. The molecule has 4 nitrogen and oxygen atoms in total. The number of nitrogens with one attached hydrogen (secondary N) is 1. The SMILES string of the molecule is Cc1cnc(CNC2CC(N)C2)o1. The van der Waals surface area contributed by atoms with Gasteiger partial charge in [0.25, 0.3) is 0 Å². The van der Waals surface area contributed by atoms with E-state index < -0.39 is 0 Å². The Morgan fingerprint density at radius 3 is 3.00 bits per heavy atom. The Morgan fingerprint density at radius 1 is 1.69 bits per heavy atom. The molecule has 1 aliphatic carbocycles. The average Bonchev–Trinajstić information content (AvgIpc) is 2.43. The average molecular weight is 181 g/mol. The maximum absolute atomic E-state index is 5.66. The molecule has 0 aliphatic heterocycles. The molecule has 1 aromatic rings. The number of oxazole rings is 1. The summed E-state index contributed by atoms with van der Waals surface area (Å²) in [7, 11) is 0. The normalized spacial score (nSPS) is 27.2. The summed E-state index contributed by atoms with van der Waals surface area (Å²) in [6.45, 7) is 2.61. The fourth-order valence-corrected chi connectivity index (χ4v) is 1.54. The molecule has 3 N–H and O–H groups in total. The second-order valence-corrected chi connectivity index (χ2v) is 3.67. The molecule has 0 saturated heterocycles. The van der Waals surface area contributed by atoms with Crippen LogP contribution in [0, 0.1) is 6.92 Å². The summed E-state index contributed by atoms with van der Waals surface area (Å²) in [5.41, 5.74) is 5.66. The van der Waals surface area contributed by atoms with E-state index in [9.17, 15) is 0 Å². The van der Waals surface area contributed by atoms with E-state index in [4.69, 9.17) is 10.2 Å². The highest BCUT2D eigenvalue weighted by Gasteiger charge is 2.25. The lowest BCUT2D eigenvalue weighted by Crippen LogP contribution is -2.48. The van der Waals surface area contributed by atoms with Crippen molar-refractivity contribution in [2.24, 2.45) is 5.73 Å². The smallest absolute Gasteiger partial charge is 0.208 e. The molecule has 0 bridgehead atoms. The lowest BCUT2D eigenvalue weighted by Gasteiger charge is -2.32. The molecule has 2 rings (SSSR count). The molecule has 1 aliphatic rings. The van der Waals surface area contributed by atoms with Crippen molar-refractivity contribution in [1.29, 1.82) is 0 Å². The summed E-state index contributed by atoms with van der Waals surface area (Å²) in [6, 6.07) is 0.950. The third-order valence-corrected chi connectivity index (χ3v) is 2.39. The minimum Gasteiger partial charge on any atom is -0.445 e. The van der Waals surface area contributed by atoms with Crippen molar-refractivity contribution in [2.75, 3.05) is 0 Å². The predicted octanol–water partition coefficient (Wildman–Crippen LogP) is 0.562. The second kappa shape index (κ2) is 3.47. The van der Waals surface area contributed by atoms with Crippen LogP contribution in [0.25, 0.3) is 0 Å². The Labute approximate surface area is 77.5 Å². The number of hydrogen-bond donors (Lipinski definition) is 2. The Balaban J connectivity index is 1.74. The number of rotatable bonds is 3. The molecule has 13 heavy (non-hydrogen) atoms. The largest absolute Gasteiger partial charge is 0.445 e. The van der Waals surface area contributed by atoms with Crippen LogP contribution < -0.4 is 11.1 Å². The van der Waals surface area contributed by atoms with Crippen LogP contribution in [0.3, 0.4) is 0 Å². The predicted molar refractivity (Wildman–Crippen MR) is 49.1 cm³/mol. The standard InChI is InChI=1S/C9H15N3O/c1-6-4-12-9(13-6)5-11-8-2-7(10)3-8/h4,7-8,11H,2-3,5,10H2,1H3. The van der Waals surface area contributed by atoms with Gasteiger partial charge in [-0.15, -0.1) is 0 Å². The van der Waals surface area contributed by atoms with Gasteiger partial charge in [-0.1, -0.05) is 0 Å². The van der Waals surface area contributed by atoms with Crippen LogP contribution in [0.4, 0.5) is 0 Å². The van der Waals surface area contributed by atoms with Crippen molar-refractivity contribution in [1.82, 2.24) is 10.3 Å². The number of nitrogens with zero attached hydrogens (tertiary/aromatic N) is 1. The number of hydrogen-bond acceptors (Lipinski definition) is 4. The van der Waals surface area contributed by atoms with Gasteiger partial charge in [-0.2, -0.15) is 0 Å². The molecule has 0 aromatic carbocycles. The minimum atomic E-state index is 0.392. The topological polar surface area (TPSA) is 64.1 Å². The molecular formula is C9H15N3O. The van der Waals surface area contributed by atoms with Gasteiger partial charge in [-0.05, 0) is 19.8 Å². The zero-order valence-corrected chi connectivity index (χ0v) is 7.79. The van der Waals surface area contributed by atoms with Gasteiger partial charge in [0, 0.05) is 12.1 Å². The van der Waals surface area contributed by atoms with E-state index in [1.807, 2.05) is 6.92 Å². The summed E-state index contributed by atoms with van der Waals surface area (Å²) >= 11 is 0. The molecule has 1 fully saturated rings. The van der Waals surface area contributed by atoms with E-state index in [0.717, 1.165) is 24.5 Å². The van der Waals surface area contributed by atoms with Gasteiger partial charge in [0.05, 0.1) is 12.7 Å². The molecule has 1 heterocycles. The number of aryl methyl sites for hydroxylation is 1. The molecule has 0 atom stereocenters. The van der Waals surface area contributed by atoms with Crippen molar-refractivity contribution < 1.29 is 4.42 Å². The highest BCUT2D eigenvalue weighted by atomic mass is 16.4. The molecule has 72 valence electrons. The monoisotopic (exact) mass is 181 g/mol. The van der Waals surface area contributed by atoms with Crippen molar-refractivity contribution in [2.45, 2.75) is 38.4 Å². The van der Waals surface area contributed by atoms with Gasteiger partial charge in [0.2, 0.25) is 5.89 Å². The molecule has 0 spiro atoms. The summed E-state index contributed by atoms with van der Waals surface area (Å²) < 4.78 is 5.32. The van der Waals surface area contributed by atoms with Gasteiger partial charge in [-0.3, -0.25) is 0 Å². The fraction of sp³-hybridized carbons (Fsp3) is 0.667. The first-order valence-corrected chi connectivity index (χ1v) is 4.64. The first-order chi connectivity index (χ1) is 6.24. The summed E-state index contributed by atoms with van der Waals surface area (Å²) in [5, 5.41) is 3.34. The quantitative estimate of drug-likeness (QED) is 0.715. The molecule has 0 unspecified atom stereocenters. The van der Waals surface area contributed by atoms with Crippen LogP contribution in [0.2, 0.25) is 0 Å². The van der Waals surface area contributed by atoms with Crippen LogP contribution in [0.15, 0.2) is 10.6 Å². The third kappa shape index (κ3) is 2.08. The van der Waals surface area contributed by atoms with Gasteiger partial charge >= 0.3 is 0 Å². The van der Waals surface area contributed by atoms with E-state index in [1.54, 1.807) is 6.20 Å². The minimum absolute atomic E-state index is 0.392. The molecule has 1 aromatic heterocycles. The number of aromatic nitrogens is 1. The molecular weight excluding hydrogens is 166 g/mol. The molecule has 0 amide bonds. The van der Waals surface area contributed by atoms with Crippen LogP contribution in [-0.2, 0) is 6.54 Å². The molecule has 1 saturated carbocycles. The molecule has 0 radical (unpaired) electrons. The van der Waals surface area contributed by atoms with Crippen LogP contribution in [-0.4, -0.2) is 17.1 Å². The van der Waals surface area contributed by atoms with Crippen LogP contribution >= 0.6 is 0 Å². The third-order valence-electron chi connectivity index (χ3n) is 2.39. The summed E-state index contributed by atoms with van der Waals surface area (Å²) in [5.74, 6) is 1.63. The summed E-state index contributed by atoms with van der Waals surface area (Å²) in [4.78, 5) is 4.10. The maximum Gasteiger partial charge on any atom is 0.208 e. The first kappa shape index (κ1) is 8.72. The number of nitrogens with two attached hydrogens (primary N) is 1. The lowest BCUT2D eigenvalue weighted by molar-refractivity contribution is 0.280. The van der Waals surface area contributed by atoms with Gasteiger partial charge < -0.3 is 15.5 Å². The van der Waals surface area contributed by atoms with Crippen molar-refractivity contribution >= 4 is 0 Å². The van der Waals surface area contributed by atoms with E-state index in [1.165, 1.54) is 0 Å². The van der Waals surface area contributed by atoms with E-state index in [-0.39, 0.29) is 0 Å². The molecule has 4 heteroatoms. The Bertz CT molecular complexity index is 278. The highest BCUT2D eigenvalue weighted by Crippen LogP contribution is 2.17. The highest BCUT2D eigenvalue weighted by molar-refractivity contribution is 4.93. The van der Waals surface area contributed by atoms with Gasteiger partial charge in [-0.25, -0.2) is 4.98 Å². The van der Waals surface area contributed by atoms with Crippen molar-refractivity contribution in [3.63, 3.8) is 0 Å². The van der Waals surface area contributed by atoms with Crippen molar-refractivity contribution in [3.05, 3.63) is 17.8 Å². The van der Waals surface area contributed by atoms with E-state index in [0.29, 0.717) is 18.6 Å². The Kier molecular flexibility index (Phi) is 2.33. The Morgan fingerprint density at radius 2 is 2.46 bits per heavy atom. The Hall–Kier alpha value is -0.870. The zero-order chi connectivity index (χ0) is 9.26. The van der Waals surface area contributed by atoms with Gasteiger partial charge in [0.1, 0.15) is 5.76 Å². The van der Waals surface area contributed by atoms with Crippen molar-refractivity contribution in [3.8, 4) is 0 Å². The second-order valence-electron chi connectivity index (χ2n) is 3.67. The fourth-order valence-electron chi connectivity index (χ4n) is 1.54. The van der Waals surface area contributed by atoms with E-state index in [2.05, 4.69) is 10.3 Å². The van der Waals surface area contributed by atoms with Gasteiger partial charge in [0.15, 0.2) is 0 Å². The first-order valence-electron chi connectivity index (χ1n) is 4.64. The maximum atomic E-state index is 5.66. The van der Waals surface area contributed by atoms with E-state index >= 15 is 0 Å². The van der Waals surface area contributed by atoms with Crippen LogP contribution in [0.1, 0.15) is 24.5 Å². The lowest BCUT2D eigenvalue weighted by atomic mass is 9.88. The van der Waals surface area contributed by atoms with Crippen LogP contribution in [0.5, 0.6) is 0 Å².